The predicted molar refractivity (Wildman–Crippen MR) is 102 cm³/mol. The van der Waals surface area contributed by atoms with Gasteiger partial charge in [-0.1, -0.05) is 35.0 Å². The van der Waals surface area contributed by atoms with Gasteiger partial charge in [-0.3, -0.25) is 4.79 Å². The molecule has 7 heteroatoms. The van der Waals surface area contributed by atoms with Crippen LogP contribution in [0.25, 0.3) is 11.4 Å². The van der Waals surface area contributed by atoms with Crippen LogP contribution >= 0.6 is 0 Å². The van der Waals surface area contributed by atoms with Gasteiger partial charge in [0.1, 0.15) is 0 Å². The highest BCUT2D eigenvalue weighted by atomic mass is 16.7. The van der Waals surface area contributed by atoms with Gasteiger partial charge >= 0.3 is 0 Å². The molecule has 0 N–H and O–H groups in total. The quantitative estimate of drug-likeness (QED) is 0.654. The van der Waals surface area contributed by atoms with Crippen LogP contribution in [0.15, 0.2) is 47.0 Å². The molecular formula is C21H21N3O4. The third-order valence-electron chi connectivity index (χ3n) is 4.61. The molecule has 2 aromatic carbocycles. The molecule has 0 atom stereocenters. The van der Waals surface area contributed by atoms with Crippen molar-refractivity contribution in [3.8, 4) is 22.9 Å². The second-order valence-electron chi connectivity index (χ2n) is 6.82. The van der Waals surface area contributed by atoms with Gasteiger partial charge in [0.15, 0.2) is 11.5 Å². The lowest BCUT2D eigenvalue weighted by molar-refractivity contribution is -0.130. The van der Waals surface area contributed by atoms with E-state index in [1.54, 1.807) is 11.9 Å². The minimum absolute atomic E-state index is 0.00738. The molecule has 0 unspecified atom stereocenters. The van der Waals surface area contributed by atoms with Crippen LogP contribution in [0.4, 0.5) is 0 Å². The predicted octanol–water partition coefficient (Wildman–Crippen LogP) is 3.36. The molecule has 28 heavy (non-hydrogen) atoms. The summed E-state index contributed by atoms with van der Waals surface area (Å²) in [5, 5.41) is 4.02. The molecule has 0 fully saturated rings. The summed E-state index contributed by atoms with van der Waals surface area (Å²) >= 11 is 0. The fourth-order valence-corrected chi connectivity index (χ4v) is 3.05. The first-order valence-electron chi connectivity index (χ1n) is 9.10. The Morgan fingerprint density at radius 1 is 1.14 bits per heavy atom. The van der Waals surface area contributed by atoms with E-state index in [1.165, 1.54) is 0 Å². The molecule has 0 bridgehead atoms. The van der Waals surface area contributed by atoms with Crippen molar-refractivity contribution < 1.29 is 18.8 Å². The zero-order valence-corrected chi connectivity index (χ0v) is 15.8. The number of benzene rings is 2. The minimum atomic E-state index is 0.00738. The van der Waals surface area contributed by atoms with Gasteiger partial charge < -0.3 is 18.9 Å². The molecule has 1 aliphatic heterocycles. The van der Waals surface area contributed by atoms with Gasteiger partial charge in [-0.25, -0.2) is 0 Å². The maximum Gasteiger partial charge on any atom is 0.246 e. The molecule has 0 saturated heterocycles. The van der Waals surface area contributed by atoms with Crippen molar-refractivity contribution in [2.75, 3.05) is 13.8 Å². The number of hydrogen-bond donors (Lipinski definition) is 0. The molecule has 1 aromatic heterocycles. The van der Waals surface area contributed by atoms with Crippen LogP contribution in [0.5, 0.6) is 11.5 Å². The zero-order chi connectivity index (χ0) is 19.5. The Hall–Kier alpha value is -3.35. The smallest absolute Gasteiger partial charge is 0.246 e. The van der Waals surface area contributed by atoms with Gasteiger partial charge in [-0.2, -0.15) is 4.98 Å². The van der Waals surface area contributed by atoms with E-state index in [0.29, 0.717) is 24.6 Å². The Morgan fingerprint density at radius 2 is 2.00 bits per heavy atom. The van der Waals surface area contributed by atoms with Crippen molar-refractivity contribution in [2.45, 2.75) is 26.3 Å². The fraction of sp³-hybridized carbons (Fsp3) is 0.286. The Morgan fingerprint density at radius 3 is 2.86 bits per heavy atom. The Bertz CT molecular complexity index is 999. The van der Waals surface area contributed by atoms with E-state index in [0.717, 1.165) is 28.2 Å². The normalized spacial score (nSPS) is 12.2. The third-order valence-corrected chi connectivity index (χ3v) is 4.61. The van der Waals surface area contributed by atoms with Crippen LogP contribution in [0.2, 0.25) is 0 Å². The number of ether oxygens (including phenoxy) is 2. The topological polar surface area (TPSA) is 77.7 Å². The monoisotopic (exact) mass is 379 g/mol. The number of carbonyl (C=O) groups is 1. The number of rotatable bonds is 6. The molecule has 0 saturated carbocycles. The summed E-state index contributed by atoms with van der Waals surface area (Å²) in [4.78, 5) is 18.5. The lowest BCUT2D eigenvalue weighted by Gasteiger charge is -2.14. The van der Waals surface area contributed by atoms with Crippen molar-refractivity contribution in [3.05, 3.63) is 59.5 Å². The molecule has 1 aliphatic rings. The van der Waals surface area contributed by atoms with Crippen LogP contribution in [-0.4, -0.2) is 34.8 Å². The van der Waals surface area contributed by atoms with Crippen LogP contribution in [0, 0.1) is 6.92 Å². The molecule has 0 spiro atoms. The number of hydrogen-bond acceptors (Lipinski definition) is 6. The standard InChI is InChI=1S/C21H21N3O4/c1-14-4-3-5-16(10-14)21-22-19(28-23-21)12-24(2)20(25)9-7-15-6-8-17-18(11-15)27-13-26-17/h3-6,8,10-11H,7,9,12-13H2,1-2H3. The molecule has 7 nitrogen and oxygen atoms in total. The zero-order valence-electron chi connectivity index (χ0n) is 15.8. The third kappa shape index (κ3) is 3.98. The van der Waals surface area contributed by atoms with Gasteiger partial charge in [-0.15, -0.1) is 0 Å². The fourth-order valence-electron chi connectivity index (χ4n) is 3.05. The van der Waals surface area contributed by atoms with Gasteiger partial charge in [-0.05, 0) is 37.1 Å². The summed E-state index contributed by atoms with van der Waals surface area (Å²) in [6.45, 7) is 2.53. The Labute approximate surface area is 162 Å². The molecule has 3 aromatic rings. The highest BCUT2D eigenvalue weighted by Crippen LogP contribution is 2.32. The van der Waals surface area contributed by atoms with Gasteiger partial charge in [0.05, 0.1) is 6.54 Å². The van der Waals surface area contributed by atoms with Crippen molar-refractivity contribution in [3.63, 3.8) is 0 Å². The van der Waals surface area contributed by atoms with Crippen molar-refractivity contribution in [1.82, 2.24) is 15.0 Å². The number of nitrogens with zero attached hydrogens (tertiary/aromatic N) is 3. The minimum Gasteiger partial charge on any atom is -0.454 e. The summed E-state index contributed by atoms with van der Waals surface area (Å²) < 4.78 is 16.0. The Balaban J connectivity index is 1.33. The van der Waals surface area contributed by atoms with Crippen LogP contribution in [0.3, 0.4) is 0 Å². The van der Waals surface area contributed by atoms with E-state index in [1.807, 2.05) is 49.4 Å². The first-order valence-corrected chi connectivity index (χ1v) is 9.10. The highest BCUT2D eigenvalue weighted by Gasteiger charge is 2.17. The second kappa shape index (κ2) is 7.72. The number of aryl methyl sites for hydroxylation is 2. The molecular weight excluding hydrogens is 358 g/mol. The first kappa shape index (κ1) is 18.0. The van der Waals surface area contributed by atoms with Crippen LogP contribution in [-0.2, 0) is 17.8 Å². The number of aromatic nitrogens is 2. The van der Waals surface area contributed by atoms with Gasteiger partial charge in [0.25, 0.3) is 0 Å². The van der Waals surface area contributed by atoms with Crippen LogP contribution < -0.4 is 9.47 Å². The SMILES string of the molecule is Cc1cccc(-c2noc(CN(C)C(=O)CCc3ccc4c(c3)OCO4)n2)c1. The number of fused-ring (bicyclic) bond motifs is 1. The van der Waals surface area contributed by atoms with Gasteiger partial charge in [0.2, 0.25) is 24.4 Å². The summed E-state index contributed by atoms with van der Waals surface area (Å²) in [5.74, 6) is 2.42. The second-order valence-corrected chi connectivity index (χ2v) is 6.82. The summed E-state index contributed by atoms with van der Waals surface area (Å²) in [6, 6.07) is 13.6. The lowest BCUT2D eigenvalue weighted by atomic mass is 10.1. The van der Waals surface area contributed by atoms with E-state index < -0.39 is 0 Å². The summed E-state index contributed by atoms with van der Waals surface area (Å²) in [7, 11) is 1.73. The average Bonchev–Trinajstić information content (AvgIpc) is 3.35. The van der Waals surface area contributed by atoms with Gasteiger partial charge in [0, 0.05) is 19.0 Å². The van der Waals surface area contributed by atoms with E-state index in [2.05, 4.69) is 10.1 Å². The van der Waals surface area contributed by atoms with E-state index in [4.69, 9.17) is 14.0 Å². The molecule has 1 amide bonds. The van der Waals surface area contributed by atoms with E-state index in [-0.39, 0.29) is 19.2 Å². The largest absolute Gasteiger partial charge is 0.454 e. The molecule has 2 heterocycles. The van der Waals surface area contributed by atoms with Crippen LogP contribution in [0.1, 0.15) is 23.4 Å². The molecule has 0 aliphatic carbocycles. The van der Waals surface area contributed by atoms with Crippen molar-refractivity contribution in [2.24, 2.45) is 0 Å². The van der Waals surface area contributed by atoms with Crippen molar-refractivity contribution >= 4 is 5.91 Å². The number of carbonyl (C=O) groups excluding carboxylic acids is 1. The number of amides is 1. The van der Waals surface area contributed by atoms with E-state index in [9.17, 15) is 4.79 Å². The first-order chi connectivity index (χ1) is 13.6. The average molecular weight is 379 g/mol. The maximum atomic E-state index is 12.5. The van der Waals surface area contributed by atoms with Crippen molar-refractivity contribution in [1.29, 1.82) is 0 Å². The molecule has 4 rings (SSSR count). The highest BCUT2D eigenvalue weighted by molar-refractivity contribution is 5.76. The lowest BCUT2D eigenvalue weighted by Crippen LogP contribution is -2.26. The Kier molecular flexibility index (Phi) is 4.97. The molecule has 0 radical (unpaired) electrons. The van der Waals surface area contributed by atoms with E-state index >= 15 is 0 Å². The maximum absolute atomic E-state index is 12.5. The molecule has 144 valence electrons. The summed E-state index contributed by atoms with van der Waals surface area (Å²) in [5.41, 5.74) is 3.05. The summed E-state index contributed by atoms with van der Waals surface area (Å²) in [6.07, 6.45) is 1.01.